The van der Waals surface area contributed by atoms with Gasteiger partial charge in [-0.1, -0.05) is 85.6 Å². The minimum atomic E-state index is 0. The molecule has 2 aromatic heterocycles. The van der Waals surface area contributed by atoms with Crippen LogP contribution in [-0.4, -0.2) is 20.8 Å². The Morgan fingerprint density at radius 1 is 0.437 bits per heavy atom. The summed E-state index contributed by atoms with van der Waals surface area (Å²) < 4.78 is 0. The number of pyridine rings is 2. The third-order valence-corrected chi connectivity index (χ3v) is 11.0. The number of hydrogen-bond acceptors (Lipinski definition) is 2. The van der Waals surface area contributed by atoms with E-state index in [0.29, 0.717) is 0 Å². The van der Waals surface area contributed by atoms with Gasteiger partial charge in [0.15, 0.2) is 0 Å². The Morgan fingerprint density at radius 2 is 0.817 bits per heavy atom. The maximum Gasteiger partial charge on any atom is 0.0702 e. The van der Waals surface area contributed by atoms with Crippen LogP contribution in [0.3, 0.4) is 0 Å². The van der Waals surface area contributed by atoms with E-state index in [2.05, 4.69) is 238 Å². The maximum atomic E-state index is 4.59. The van der Waals surface area contributed by atoms with Gasteiger partial charge in [0.05, 0.1) is 11.0 Å². The largest absolute Gasteiger partial charge is 0.256 e. The molecule has 12 rings (SSSR count). The van der Waals surface area contributed by atoms with Crippen molar-refractivity contribution in [3.63, 3.8) is 0 Å². The van der Waals surface area contributed by atoms with Crippen molar-refractivity contribution in [2.75, 3.05) is 0 Å². The number of benzene rings is 6. The van der Waals surface area contributed by atoms with E-state index in [1.165, 1.54) is 87.2 Å². The second-order valence-corrected chi connectivity index (χ2v) is 35.8. The molecule has 0 fully saturated rings. The Labute approximate surface area is 475 Å². The molecule has 0 radical (unpaired) electrons. The fourth-order valence-electron chi connectivity index (χ4n) is 7.97. The summed E-state index contributed by atoms with van der Waals surface area (Å²) in [5.74, 6) is 0. The van der Waals surface area contributed by atoms with Gasteiger partial charge in [-0.3, -0.25) is 9.97 Å². The molecule has 0 aliphatic carbocycles. The van der Waals surface area contributed by atoms with Crippen molar-refractivity contribution in [3.05, 3.63) is 230 Å². The van der Waals surface area contributed by atoms with Gasteiger partial charge >= 0.3 is 83.7 Å². The normalized spacial score (nSPS) is 9.89. The van der Waals surface area contributed by atoms with Gasteiger partial charge in [-0.15, -0.1) is 178 Å². The van der Waals surface area contributed by atoms with Crippen LogP contribution in [0.15, 0.2) is 219 Å². The van der Waals surface area contributed by atoms with Crippen LogP contribution >= 0.6 is 49.6 Å². The Bertz CT molecular complexity index is 3410. The van der Waals surface area contributed by atoms with Gasteiger partial charge in [0, 0.05) is 23.2 Å². The van der Waals surface area contributed by atoms with Crippen LogP contribution in [0.1, 0.15) is 18.1 Å². The number of para-hydroxylation sites is 2. The molecule has 0 aliphatic rings. The van der Waals surface area contributed by atoms with Gasteiger partial charge < -0.3 is 0 Å². The van der Waals surface area contributed by atoms with Crippen LogP contribution in [0, 0.1) is 6.92 Å². The number of fused-ring (bicyclic) bond motifs is 6. The molecule has 358 valence electrons. The number of nitrogens with zero attached hydrogens (tertiary/aromatic N) is 2. The first-order valence-electron chi connectivity index (χ1n) is 22.9. The Balaban J connectivity index is 0.000000245. The monoisotopic (exact) mass is 1200 g/mol. The van der Waals surface area contributed by atoms with E-state index >= 15 is 0 Å². The molecular weight excluding hydrogens is 1140 g/mol. The average Bonchev–Trinajstić information content (AvgIpc) is 4.17. The van der Waals surface area contributed by atoms with E-state index < -0.39 is 0 Å². The van der Waals surface area contributed by atoms with Crippen molar-refractivity contribution in [2.45, 2.75) is 46.5 Å². The van der Waals surface area contributed by atoms with Gasteiger partial charge in [-0.25, -0.2) is 0 Å². The molecule has 0 aliphatic heterocycles. The van der Waals surface area contributed by atoms with E-state index in [-0.39, 0.29) is 60.5 Å². The second-order valence-electron chi connectivity index (χ2n) is 17.0. The molecule has 0 N–H and O–H groups in total. The first-order valence-corrected chi connectivity index (χ1v) is 35.2. The number of aryl methyl sites for hydroxylation is 2. The third kappa shape index (κ3) is 17.5. The van der Waals surface area contributed by atoms with Crippen molar-refractivity contribution in [2.24, 2.45) is 0 Å². The van der Waals surface area contributed by atoms with Crippen molar-refractivity contribution in [1.29, 1.82) is 0 Å². The predicted octanol–water partition coefficient (Wildman–Crippen LogP) is 18.8. The van der Waals surface area contributed by atoms with Crippen LogP contribution in [-0.2, 0) is 53.1 Å². The van der Waals surface area contributed by atoms with Gasteiger partial charge in [0.2, 0.25) is 0 Å². The number of rotatable bonds is 3. The minimum Gasteiger partial charge on any atom is -0.256 e. The predicted molar refractivity (Wildman–Crippen MR) is 318 cm³/mol. The van der Waals surface area contributed by atoms with Crippen LogP contribution in [0.2, 0.25) is 26.2 Å². The van der Waals surface area contributed by atoms with E-state index in [0.717, 1.165) is 17.5 Å². The summed E-state index contributed by atoms with van der Waals surface area (Å²) in [7, 11) is 0. The van der Waals surface area contributed by atoms with Crippen LogP contribution in [0.4, 0.5) is 0 Å². The summed E-state index contributed by atoms with van der Waals surface area (Å²) in [6.45, 7) is 13.6. The van der Waals surface area contributed by atoms with Crippen LogP contribution < -0.4 is 0 Å². The Hall–Kier alpha value is -4.06. The Morgan fingerprint density at radius 3 is 1.25 bits per heavy atom. The SMILES string of the molecule is CCc1cc2c(-c3cnc4ccccc4c3)cccc2[cH-]1.C[Si](C)=[Zr+2].C[Si](C)=[Zr+2].Cc1cc2c(-c3cnc4ccccc4c3)cccc2[cH-]1.Cl.Cl.Cl.Cl.c1ccc2[cH-]ccc2c1.c1ccc2[cH-]ccc2c1. The first-order chi connectivity index (χ1) is 32.6. The first kappa shape index (κ1) is 61.2. The fraction of sp³-hybridized carbons (Fsp3) is 0.115. The standard InChI is InChI=1S/C20H16N.C19H14N.2C9H7.2C2H6Si.4ClH.2Zr/c1-2-14-10-15-7-5-8-18(19(15)11-14)17-12-16-6-3-4-9-20(16)21-13-17;1-13-9-14-6-4-7-17(18(14)10-13)16-11-15-5-2-3-8-19(15)20-12-16;2*1-2-5-9-7-3-6-8(9)4-1;2*1-3-2;;;;;;/h3-13H,2H2,1H3;2-12H,1H3;2*1-7H;2*1-2H3;4*1H;;/q4*-1;;;;;;;2*+2. The number of halogens is 4. The van der Waals surface area contributed by atoms with Crippen LogP contribution in [0.25, 0.3) is 87.1 Å². The minimum absolute atomic E-state index is 0. The van der Waals surface area contributed by atoms with Crippen molar-refractivity contribution in [1.82, 2.24) is 9.97 Å². The van der Waals surface area contributed by atoms with Gasteiger partial charge in [0.1, 0.15) is 0 Å². The third-order valence-electron chi connectivity index (χ3n) is 11.0. The second kappa shape index (κ2) is 30.9. The summed E-state index contributed by atoms with van der Waals surface area (Å²) >= 11 is 3.48. The van der Waals surface area contributed by atoms with Gasteiger partial charge in [0.25, 0.3) is 0 Å². The van der Waals surface area contributed by atoms with E-state index in [1.807, 2.05) is 30.6 Å². The van der Waals surface area contributed by atoms with E-state index in [9.17, 15) is 0 Å². The number of aromatic nitrogens is 2. The zero-order valence-corrected chi connectivity index (χ0v) is 51.2. The van der Waals surface area contributed by atoms with Gasteiger partial charge in [-0.2, -0.15) is 47.2 Å². The summed E-state index contributed by atoms with van der Waals surface area (Å²) in [6, 6.07) is 72.3. The quantitative estimate of drug-likeness (QED) is 0.130. The summed E-state index contributed by atoms with van der Waals surface area (Å²) in [4.78, 5) is 9.16. The van der Waals surface area contributed by atoms with Crippen molar-refractivity contribution >= 4 is 125 Å². The zero-order chi connectivity index (χ0) is 47.1. The number of hydrogen-bond donors (Lipinski definition) is 0. The Kier molecular flexibility index (Phi) is 26.6. The zero-order valence-electron chi connectivity index (χ0n) is 41.0. The molecule has 2 nitrogen and oxygen atoms in total. The smallest absolute Gasteiger partial charge is 0.0702 e. The summed E-state index contributed by atoms with van der Waals surface area (Å²) in [5, 5.41) is 12.9. The molecule has 10 heteroatoms. The molecule has 12 aromatic rings. The molecule has 0 unspecified atom stereocenters. The molecule has 0 amide bonds. The molecule has 2 heterocycles. The summed E-state index contributed by atoms with van der Waals surface area (Å²) in [5.41, 5.74) is 10.1. The fourth-order valence-corrected chi connectivity index (χ4v) is 7.97. The average molecular weight is 1200 g/mol. The molecule has 0 saturated carbocycles. The molecule has 10 aromatic carbocycles. The molecule has 0 bridgehead atoms. The maximum absolute atomic E-state index is 4.59. The summed E-state index contributed by atoms with van der Waals surface area (Å²) in [6.07, 6.45) is 5.03. The van der Waals surface area contributed by atoms with Crippen LogP contribution in [0.5, 0.6) is 0 Å². The molecule has 0 spiro atoms. The van der Waals surface area contributed by atoms with E-state index in [4.69, 9.17) is 0 Å². The van der Waals surface area contributed by atoms with Gasteiger partial charge in [-0.05, 0) is 41.8 Å². The molecular formula is C61H60Cl4N2Si2Zr2. The van der Waals surface area contributed by atoms with E-state index in [1.54, 1.807) is 46.7 Å². The molecule has 71 heavy (non-hydrogen) atoms. The molecule has 0 saturated heterocycles. The van der Waals surface area contributed by atoms with Crippen molar-refractivity contribution in [3.8, 4) is 22.3 Å². The topological polar surface area (TPSA) is 25.8 Å². The molecule has 0 atom stereocenters. The van der Waals surface area contributed by atoms with Crippen molar-refractivity contribution < 1.29 is 46.7 Å².